The SMILES string of the molecule is CN(CN)CCc1ccc2nc[nH]c2c1. The van der Waals surface area contributed by atoms with Crippen LogP contribution in [0.5, 0.6) is 0 Å². The largest absolute Gasteiger partial charge is 0.345 e. The van der Waals surface area contributed by atoms with Crippen molar-refractivity contribution in [2.24, 2.45) is 5.73 Å². The Morgan fingerprint density at radius 3 is 3.13 bits per heavy atom. The first-order valence-electron chi connectivity index (χ1n) is 5.10. The number of rotatable bonds is 4. The summed E-state index contributed by atoms with van der Waals surface area (Å²) in [6, 6.07) is 6.31. The fourth-order valence-electron chi connectivity index (χ4n) is 1.55. The third-order valence-electron chi connectivity index (χ3n) is 2.58. The van der Waals surface area contributed by atoms with Crippen LogP contribution in [0.1, 0.15) is 5.56 Å². The maximum atomic E-state index is 5.52. The number of nitrogens with two attached hydrogens (primary N) is 1. The lowest BCUT2D eigenvalue weighted by Crippen LogP contribution is -2.27. The van der Waals surface area contributed by atoms with Crippen molar-refractivity contribution in [1.29, 1.82) is 0 Å². The Morgan fingerprint density at radius 1 is 1.47 bits per heavy atom. The second-order valence-corrected chi connectivity index (χ2v) is 3.77. The Hall–Kier alpha value is -1.39. The van der Waals surface area contributed by atoms with Gasteiger partial charge in [-0.05, 0) is 31.2 Å². The van der Waals surface area contributed by atoms with Gasteiger partial charge in [0.05, 0.1) is 17.4 Å². The molecule has 2 aromatic rings. The highest BCUT2D eigenvalue weighted by Gasteiger charge is 2.00. The Balaban J connectivity index is 2.08. The van der Waals surface area contributed by atoms with Crippen molar-refractivity contribution in [2.75, 3.05) is 20.3 Å². The molecule has 2 rings (SSSR count). The summed E-state index contributed by atoms with van der Waals surface area (Å²) in [5, 5.41) is 0. The average molecular weight is 204 g/mol. The van der Waals surface area contributed by atoms with E-state index in [-0.39, 0.29) is 0 Å². The molecule has 0 aliphatic heterocycles. The summed E-state index contributed by atoms with van der Waals surface area (Å²) in [5.74, 6) is 0. The van der Waals surface area contributed by atoms with Gasteiger partial charge in [0.2, 0.25) is 0 Å². The van der Waals surface area contributed by atoms with Crippen molar-refractivity contribution in [3.05, 3.63) is 30.1 Å². The Bertz CT molecular complexity index is 435. The van der Waals surface area contributed by atoms with Gasteiger partial charge in [-0.15, -0.1) is 0 Å². The number of aromatic nitrogens is 2. The van der Waals surface area contributed by atoms with Crippen LogP contribution in [0.2, 0.25) is 0 Å². The number of aromatic amines is 1. The molecule has 1 heterocycles. The number of hydrogen-bond donors (Lipinski definition) is 2. The number of imidazole rings is 1. The van der Waals surface area contributed by atoms with Crippen molar-refractivity contribution in [2.45, 2.75) is 6.42 Å². The van der Waals surface area contributed by atoms with Gasteiger partial charge in [-0.1, -0.05) is 6.07 Å². The standard InChI is InChI=1S/C11H16N4/c1-15(7-12)5-4-9-2-3-10-11(6-9)14-8-13-10/h2-3,6,8H,4-5,7,12H2,1H3,(H,13,14). The normalized spacial score (nSPS) is 11.4. The molecule has 0 saturated heterocycles. The first-order valence-corrected chi connectivity index (χ1v) is 5.10. The molecule has 0 atom stereocenters. The van der Waals surface area contributed by atoms with Crippen molar-refractivity contribution in [3.8, 4) is 0 Å². The fourth-order valence-corrected chi connectivity index (χ4v) is 1.55. The third kappa shape index (κ3) is 2.34. The minimum atomic E-state index is 0.603. The predicted octanol–water partition coefficient (Wildman–Crippen LogP) is 0.953. The molecular weight excluding hydrogens is 188 g/mol. The van der Waals surface area contributed by atoms with E-state index < -0.39 is 0 Å². The summed E-state index contributed by atoms with van der Waals surface area (Å²) in [7, 11) is 2.02. The molecule has 0 amide bonds. The molecule has 4 nitrogen and oxygen atoms in total. The number of benzene rings is 1. The van der Waals surface area contributed by atoms with Crippen LogP contribution < -0.4 is 5.73 Å². The zero-order chi connectivity index (χ0) is 10.7. The minimum Gasteiger partial charge on any atom is -0.345 e. The van der Waals surface area contributed by atoms with Gasteiger partial charge < -0.3 is 10.7 Å². The summed E-state index contributed by atoms with van der Waals surface area (Å²) in [4.78, 5) is 9.39. The molecular formula is C11H16N4. The molecule has 0 fully saturated rings. The van der Waals surface area contributed by atoms with Crippen LogP contribution in [-0.4, -0.2) is 35.1 Å². The van der Waals surface area contributed by atoms with Gasteiger partial charge in [0.25, 0.3) is 0 Å². The van der Waals surface area contributed by atoms with E-state index in [1.807, 2.05) is 13.1 Å². The van der Waals surface area contributed by atoms with Crippen LogP contribution in [0.3, 0.4) is 0 Å². The number of H-pyrrole nitrogens is 1. The molecule has 0 unspecified atom stereocenters. The molecule has 80 valence electrons. The maximum absolute atomic E-state index is 5.52. The van der Waals surface area contributed by atoms with E-state index in [0.717, 1.165) is 24.0 Å². The summed E-state index contributed by atoms with van der Waals surface area (Å²) < 4.78 is 0. The van der Waals surface area contributed by atoms with Crippen LogP contribution in [0.15, 0.2) is 24.5 Å². The summed E-state index contributed by atoms with van der Waals surface area (Å²) in [6.45, 7) is 1.59. The molecule has 0 bridgehead atoms. The number of hydrogen-bond acceptors (Lipinski definition) is 3. The predicted molar refractivity (Wildman–Crippen MR) is 61.5 cm³/mol. The number of likely N-dealkylation sites (N-methyl/N-ethyl adjacent to an activating group) is 1. The van der Waals surface area contributed by atoms with Gasteiger partial charge in [-0.2, -0.15) is 0 Å². The number of nitrogens with zero attached hydrogens (tertiary/aromatic N) is 2. The minimum absolute atomic E-state index is 0.603. The number of nitrogens with one attached hydrogen (secondary N) is 1. The molecule has 1 aromatic carbocycles. The smallest absolute Gasteiger partial charge is 0.0931 e. The van der Waals surface area contributed by atoms with Crippen LogP contribution >= 0.6 is 0 Å². The fraction of sp³-hybridized carbons (Fsp3) is 0.364. The lowest BCUT2D eigenvalue weighted by atomic mass is 10.1. The van der Waals surface area contributed by atoms with Gasteiger partial charge in [0, 0.05) is 13.2 Å². The van der Waals surface area contributed by atoms with Gasteiger partial charge in [0.15, 0.2) is 0 Å². The van der Waals surface area contributed by atoms with E-state index in [9.17, 15) is 0 Å². The summed E-state index contributed by atoms with van der Waals surface area (Å²) in [6.07, 6.45) is 2.74. The third-order valence-corrected chi connectivity index (χ3v) is 2.58. The molecule has 0 saturated carbocycles. The van der Waals surface area contributed by atoms with E-state index in [1.165, 1.54) is 5.56 Å². The highest BCUT2D eigenvalue weighted by Crippen LogP contribution is 2.11. The van der Waals surface area contributed by atoms with Crippen molar-refractivity contribution < 1.29 is 0 Å². The lowest BCUT2D eigenvalue weighted by molar-refractivity contribution is 0.349. The summed E-state index contributed by atoms with van der Waals surface area (Å²) >= 11 is 0. The van der Waals surface area contributed by atoms with Crippen LogP contribution in [0.25, 0.3) is 11.0 Å². The quantitative estimate of drug-likeness (QED) is 0.729. The van der Waals surface area contributed by atoms with E-state index in [4.69, 9.17) is 5.73 Å². The molecule has 0 aliphatic carbocycles. The molecule has 0 aliphatic rings. The van der Waals surface area contributed by atoms with E-state index in [1.54, 1.807) is 6.33 Å². The maximum Gasteiger partial charge on any atom is 0.0931 e. The number of fused-ring (bicyclic) bond motifs is 1. The second-order valence-electron chi connectivity index (χ2n) is 3.77. The topological polar surface area (TPSA) is 57.9 Å². The zero-order valence-corrected chi connectivity index (χ0v) is 8.90. The molecule has 0 spiro atoms. The van der Waals surface area contributed by atoms with Crippen molar-refractivity contribution in [3.63, 3.8) is 0 Å². The van der Waals surface area contributed by atoms with Gasteiger partial charge in [-0.3, -0.25) is 4.90 Å². The van der Waals surface area contributed by atoms with Crippen LogP contribution in [-0.2, 0) is 6.42 Å². The van der Waals surface area contributed by atoms with E-state index >= 15 is 0 Å². The Kier molecular flexibility index (Phi) is 2.99. The molecule has 15 heavy (non-hydrogen) atoms. The van der Waals surface area contributed by atoms with Crippen molar-refractivity contribution in [1.82, 2.24) is 14.9 Å². The van der Waals surface area contributed by atoms with Crippen LogP contribution in [0, 0.1) is 0 Å². The molecule has 3 N–H and O–H groups in total. The second kappa shape index (κ2) is 4.42. The molecule has 0 radical (unpaired) electrons. The monoisotopic (exact) mass is 204 g/mol. The van der Waals surface area contributed by atoms with Gasteiger partial charge >= 0.3 is 0 Å². The molecule has 4 heteroatoms. The zero-order valence-electron chi connectivity index (χ0n) is 8.90. The highest BCUT2D eigenvalue weighted by molar-refractivity contribution is 5.74. The average Bonchev–Trinajstić information content (AvgIpc) is 2.72. The summed E-state index contributed by atoms with van der Waals surface area (Å²) in [5.41, 5.74) is 8.95. The first kappa shape index (κ1) is 10.1. The first-order chi connectivity index (χ1) is 7.29. The Labute approximate surface area is 89.1 Å². The van der Waals surface area contributed by atoms with E-state index in [0.29, 0.717) is 6.67 Å². The Morgan fingerprint density at radius 2 is 2.33 bits per heavy atom. The van der Waals surface area contributed by atoms with Crippen LogP contribution in [0.4, 0.5) is 0 Å². The van der Waals surface area contributed by atoms with Gasteiger partial charge in [-0.25, -0.2) is 4.98 Å². The van der Waals surface area contributed by atoms with Gasteiger partial charge in [0.1, 0.15) is 0 Å². The highest BCUT2D eigenvalue weighted by atomic mass is 15.1. The van der Waals surface area contributed by atoms with Crippen molar-refractivity contribution >= 4 is 11.0 Å². The van der Waals surface area contributed by atoms with E-state index in [2.05, 4.69) is 27.0 Å². The molecule has 1 aromatic heterocycles. The lowest BCUT2D eigenvalue weighted by Gasteiger charge is -2.12.